The van der Waals surface area contributed by atoms with E-state index in [1.165, 1.54) is 25.5 Å². The third kappa shape index (κ3) is 2.72. The van der Waals surface area contributed by atoms with Crippen molar-refractivity contribution >= 4 is 5.97 Å². The first kappa shape index (κ1) is 13.1. The van der Waals surface area contributed by atoms with Crippen molar-refractivity contribution in [3.8, 4) is 0 Å². The summed E-state index contributed by atoms with van der Waals surface area (Å²) in [5, 5.41) is 9.10. The summed E-state index contributed by atoms with van der Waals surface area (Å²) in [5.41, 5.74) is 0.297. The number of hydrogen-bond donors (Lipinski definition) is 1. The maximum Gasteiger partial charge on any atom is 0.354 e. The van der Waals surface area contributed by atoms with Gasteiger partial charge in [0.25, 0.3) is 0 Å². The van der Waals surface area contributed by atoms with Crippen molar-refractivity contribution < 1.29 is 9.90 Å². The number of aryl methyl sites for hydroxylation is 1. The molecule has 100 valence electrons. The smallest absolute Gasteiger partial charge is 0.354 e. The summed E-state index contributed by atoms with van der Waals surface area (Å²) < 4.78 is 1.81. The highest BCUT2D eigenvalue weighted by molar-refractivity contribution is 5.85. The Balaban J connectivity index is 2.01. The third-order valence-electron chi connectivity index (χ3n) is 3.88. The van der Waals surface area contributed by atoms with Crippen LogP contribution in [0.3, 0.4) is 0 Å². The van der Waals surface area contributed by atoms with Gasteiger partial charge in [-0.2, -0.15) is 0 Å². The molecule has 2 rings (SSSR count). The largest absolute Gasteiger partial charge is 0.477 e. The van der Waals surface area contributed by atoms with Crippen LogP contribution < -0.4 is 0 Å². The maximum atomic E-state index is 11.1. The minimum atomic E-state index is -0.896. The lowest BCUT2D eigenvalue weighted by Gasteiger charge is -2.32. The average Bonchev–Trinajstić information content (AvgIpc) is 2.70. The molecule has 1 atom stereocenters. The van der Waals surface area contributed by atoms with E-state index in [9.17, 15) is 4.79 Å². The van der Waals surface area contributed by atoms with E-state index in [0.29, 0.717) is 11.7 Å². The third-order valence-corrected chi connectivity index (χ3v) is 3.88. The molecule has 18 heavy (non-hydrogen) atoms. The van der Waals surface area contributed by atoms with E-state index in [2.05, 4.69) is 16.9 Å². The number of hydrogen-bond acceptors (Lipinski definition) is 3. The fourth-order valence-electron chi connectivity index (χ4n) is 2.71. The highest BCUT2D eigenvalue weighted by atomic mass is 16.4. The molecule has 0 saturated carbocycles. The number of aromatic carboxylic acids is 1. The van der Waals surface area contributed by atoms with Gasteiger partial charge < -0.3 is 14.6 Å². The zero-order valence-corrected chi connectivity index (χ0v) is 11.1. The van der Waals surface area contributed by atoms with E-state index in [4.69, 9.17) is 5.11 Å². The van der Waals surface area contributed by atoms with Gasteiger partial charge in [0.1, 0.15) is 11.5 Å². The number of piperidine rings is 1. The number of carboxylic acid groups (broad SMARTS) is 1. The lowest BCUT2D eigenvalue weighted by Crippen LogP contribution is -2.37. The zero-order chi connectivity index (χ0) is 13.1. The van der Waals surface area contributed by atoms with Crippen molar-refractivity contribution in [3.63, 3.8) is 0 Å². The topological polar surface area (TPSA) is 58.4 Å². The van der Waals surface area contributed by atoms with Crippen LogP contribution in [0.1, 0.15) is 42.0 Å². The van der Waals surface area contributed by atoms with Crippen molar-refractivity contribution in [2.45, 2.75) is 45.2 Å². The number of carbonyl (C=O) groups is 1. The Bertz CT molecular complexity index is 428. The standard InChI is InChI=1S/C13H21N3O2/c1-10-14-9-12(13(17)18)16(10)8-6-11-5-3-4-7-15(11)2/h9,11H,3-8H2,1-2H3,(H,17,18). The first-order valence-electron chi connectivity index (χ1n) is 6.55. The SMILES string of the molecule is Cc1ncc(C(=O)O)n1CCC1CCCCN1C. The first-order valence-corrected chi connectivity index (χ1v) is 6.55. The number of rotatable bonds is 4. The van der Waals surface area contributed by atoms with Crippen molar-refractivity contribution in [1.29, 1.82) is 0 Å². The summed E-state index contributed by atoms with van der Waals surface area (Å²) in [6.07, 6.45) is 6.21. The van der Waals surface area contributed by atoms with Crippen LogP contribution in [0, 0.1) is 6.92 Å². The summed E-state index contributed by atoms with van der Waals surface area (Å²) in [7, 11) is 2.16. The Labute approximate surface area is 107 Å². The molecule has 0 bridgehead atoms. The van der Waals surface area contributed by atoms with Gasteiger partial charge >= 0.3 is 5.97 Å². The van der Waals surface area contributed by atoms with Crippen molar-refractivity contribution in [3.05, 3.63) is 17.7 Å². The molecule has 0 amide bonds. The van der Waals surface area contributed by atoms with Crippen molar-refractivity contribution in [2.75, 3.05) is 13.6 Å². The average molecular weight is 251 g/mol. The molecule has 0 aliphatic carbocycles. The van der Waals surface area contributed by atoms with Crippen molar-refractivity contribution in [1.82, 2.24) is 14.5 Å². The summed E-state index contributed by atoms with van der Waals surface area (Å²) in [6.45, 7) is 3.75. The fraction of sp³-hybridized carbons (Fsp3) is 0.692. The summed E-state index contributed by atoms with van der Waals surface area (Å²) in [5.74, 6) is -0.113. The number of carboxylic acids is 1. The van der Waals surface area contributed by atoms with Gasteiger partial charge in [-0.05, 0) is 39.8 Å². The van der Waals surface area contributed by atoms with E-state index in [0.717, 1.165) is 25.3 Å². The van der Waals surface area contributed by atoms with Gasteiger partial charge in [0.05, 0.1) is 6.20 Å². The molecular formula is C13H21N3O2. The molecule has 0 radical (unpaired) electrons. The second kappa shape index (κ2) is 5.52. The maximum absolute atomic E-state index is 11.1. The summed E-state index contributed by atoms with van der Waals surface area (Å²) >= 11 is 0. The first-order chi connectivity index (χ1) is 8.59. The molecule has 1 saturated heterocycles. The molecule has 2 heterocycles. The molecule has 1 aliphatic heterocycles. The van der Waals surface area contributed by atoms with Gasteiger partial charge in [0.2, 0.25) is 0 Å². The normalized spacial score (nSPS) is 21.1. The van der Waals surface area contributed by atoms with Gasteiger partial charge in [0.15, 0.2) is 0 Å². The molecular weight excluding hydrogens is 230 g/mol. The number of aromatic nitrogens is 2. The molecule has 1 aromatic heterocycles. The van der Waals surface area contributed by atoms with Crippen LogP contribution in [-0.4, -0.2) is 45.2 Å². The minimum absolute atomic E-state index is 0.297. The second-order valence-corrected chi connectivity index (χ2v) is 5.07. The summed E-state index contributed by atoms with van der Waals surface area (Å²) in [6, 6.07) is 0.571. The molecule has 1 N–H and O–H groups in total. The lowest BCUT2D eigenvalue weighted by atomic mass is 10.00. The van der Waals surface area contributed by atoms with Crippen molar-refractivity contribution in [2.24, 2.45) is 0 Å². The molecule has 0 aromatic carbocycles. The van der Waals surface area contributed by atoms with Crippen LogP contribution in [0.4, 0.5) is 0 Å². The van der Waals surface area contributed by atoms with E-state index in [-0.39, 0.29) is 0 Å². The van der Waals surface area contributed by atoms with Gasteiger partial charge in [0, 0.05) is 12.6 Å². The monoisotopic (exact) mass is 251 g/mol. The number of nitrogens with zero attached hydrogens (tertiary/aromatic N) is 3. The van der Waals surface area contributed by atoms with Gasteiger partial charge in [-0.25, -0.2) is 9.78 Å². The molecule has 1 aliphatic rings. The van der Waals surface area contributed by atoms with E-state index < -0.39 is 5.97 Å². The van der Waals surface area contributed by atoms with Crippen LogP contribution in [0.5, 0.6) is 0 Å². The molecule has 5 heteroatoms. The molecule has 1 unspecified atom stereocenters. The van der Waals surface area contributed by atoms with Crippen LogP contribution in [0.15, 0.2) is 6.20 Å². The van der Waals surface area contributed by atoms with E-state index in [1.807, 2.05) is 11.5 Å². The van der Waals surface area contributed by atoms with Crippen LogP contribution in [0.25, 0.3) is 0 Å². The molecule has 5 nitrogen and oxygen atoms in total. The Morgan fingerprint density at radius 3 is 3.00 bits per heavy atom. The quantitative estimate of drug-likeness (QED) is 0.886. The number of imidazole rings is 1. The number of likely N-dealkylation sites (tertiary alicyclic amines) is 1. The Hall–Kier alpha value is -1.36. The summed E-state index contributed by atoms with van der Waals surface area (Å²) in [4.78, 5) is 17.6. The Kier molecular flexibility index (Phi) is 4.01. The van der Waals surface area contributed by atoms with Crippen LogP contribution >= 0.6 is 0 Å². The molecule has 1 aromatic rings. The van der Waals surface area contributed by atoms with E-state index in [1.54, 1.807) is 0 Å². The van der Waals surface area contributed by atoms with E-state index >= 15 is 0 Å². The molecule has 0 spiro atoms. The fourth-order valence-corrected chi connectivity index (χ4v) is 2.71. The predicted octanol–water partition coefficient (Wildman–Crippen LogP) is 1.76. The second-order valence-electron chi connectivity index (χ2n) is 5.07. The highest BCUT2D eigenvalue weighted by Crippen LogP contribution is 2.19. The molecule has 1 fully saturated rings. The lowest BCUT2D eigenvalue weighted by molar-refractivity contribution is 0.0683. The van der Waals surface area contributed by atoms with Crippen LogP contribution in [-0.2, 0) is 6.54 Å². The Morgan fingerprint density at radius 2 is 2.33 bits per heavy atom. The van der Waals surface area contributed by atoms with Gasteiger partial charge in [-0.15, -0.1) is 0 Å². The Morgan fingerprint density at radius 1 is 1.56 bits per heavy atom. The van der Waals surface area contributed by atoms with Gasteiger partial charge in [-0.1, -0.05) is 6.42 Å². The highest BCUT2D eigenvalue weighted by Gasteiger charge is 2.20. The zero-order valence-electron chi connectivity index (χ0n) is 11.1. The van der Waals surface area contributed by atoms with Gasteiger partial charge in [-0.3, -0.25) is 0 Å². The van der Waals surface area contributed by atoms with Crippen LogP contribution in [0.2, 0.25) is 0 Å². The predicted molar refractivity (Wildman–Crippen MR) is 68.8 cm³/mol. The minimum Gasteiger partial charge on any atom is -0.477 e.